The normalized spacial score (nSPS) is 11.7. The molecule has 2 aromatic carbocycles. The first kappa shape index (κ1) is 21.5. The van der Waals surface area contributed by atoms with Gasteiger partial charge in [0, 0.05) is 13.0 Å². The van der Waals surface area contributed by atoms with Crippen LogP contribution in [-0.2, 0) is 14.8 Å². The van der Waals surface area contributed by atoms with Gasteiger partial charge in [-0.3, -0.25) is 4.79 Å². The van der Waals surface area contributed by atoms with Crippen LogP contribution in [0.1, 0.15) is 6.42 Å². The molecule has 2 aromatic rings. The number of methoxy groups -OCH3 is 1. The number of ether oxygens (including phenoxy) is 2. The Morgan fingerprint density at radius 1 is 1.07 bits per heavy atom. The van der Waals surface area contributed by atoms with Gasteiger partial charge in [0.05, 0.1) is 17.7 Å². The second kappa shape index (κ2) is 8.93. The second-order valence-electron chi connectivity index (χ2n) is 5.42. The van der Waals surface area contributed by atoms with Gasteiger partial charge >= 0.3 is 6.36 Å². The Kier molecular flexibility index (Phi) is 6.86. The molecule has 2 rings (SSSR count). The zero-order valence-electron chi connectivity index (χ0n) is 14.6. The van der Waals surface area contributed by atoms with Gasteiger partial charge in [0.25, 0.3) is 0 Å². The van der Waals surface area contributed by atoms with E-state index in [2.05, 4.69) is 14.8 Å². The number of carbonyl (C=O) groups is 1. The van der Waals surface area contributed by atoms with Gasteiger partial charge in [-0.15, -0.1) is 13.2 Å². The molecule has 0 aliphatic heterocycles. The van der Waals surface area contributed by atoms with Crippen molar-refractivity contribution < 1.29 is 35.9 Å². The third kappa shape index (κ3) is 6.43. The molecule has 0 aromatic heterocycles. The number of benzene rings is 2. The maximum atomic E-state index is 12.1. The Labute approximate surface area is 159 Å². The van der Waals surface area contributed by atoms with Gasteiger partial charge in [-0.05, 0) is 36.4 Å². The van der Waals surface area contributed by atoms with E-state index in [-0.39, 0.29) is 17.9 Å². The minimum Gasteiger partial charge on any atom is -0.495 e. The first-order valence-electron chi connectivity index (χ1n) is 7.89. The van der Waals surface area contributed by atoms with Gasteiger partial charge in [-0.1, -0.05) is 12.1 Å². The highest BCUT2D eigenvalue weighted by Crippen LogP contribution is 2.24. The van der Waals surface area contributed by atoms with Gasteiger partial charge in [0.1, 0.15) is 11.5 Å². The summed E-state index contributed by atoms with van der Waals surface area (Å²) in [5.41, 5.74) is 0.443. The van der Waals surface area contributed by atoms with Crippen molar-refractivity contribution in [3.8, 4) is 11.5 Å². The van der Waals surface area contributed by atoms with Crippen LogP contribution in [0, 0.1) is 0 Å². The van der Waals surface area contributed by atoms with Crippen LogP contribution in [0.5, 0.6) is 11.5 Å². The molecule has 0 spiro atoms. The molecule has 0 unspecified atom stereocenters. The molecule has 28 heavy (non-hydrogen) atoms. The predicted octanol–water partition coefficient (Wildman–Crippen LogP) is 2.90. The highest BCUT2D eigenvalue weighted by atomic mass is 32.2. The van der Waals surface area contributed by atoms with Crippen LogP contribution in [0.25, 0.3) is 0 Å². The van der Waals surface area contributed by atoms with Gasteiger partial charge in [0.15, 0.2) is 0 Å². The maximum Gasteiger partial charge on any atom is 0.573 e. The molecular formula is C17H17F3N2O5S. The van der Waals surface area contributed by atoms with Gasteiger partial charge < -0.3 is 14.8 Å². The van der Waals surface area contributed by atoms with Crippen molar-refractivity contribution in [1.82, 2.24) is 4.72 Å². The summed E-state index contributed by atoms with van der Waals surface area (Å²) in [5.74, 6) is -0.527. The number of sulfonamides is 1. The molecule has 152 valence electrons. The Bertz CT molecular complexity index is 915. The van der Waals surface area contributed by atoms with Crippen LogP contribution >= 0.6 is 0 Å². The minimum atomic E-state index is -4.87. The lowest BCUT2D eigenvalue weighted by Gasteiger charge is -2.11. The number of rotatable bonds is 8. The smallest absolute Gasteiger partial charge is 0.495 e. The van der Waals surface area contributed by atoms with Gasteiger partial charge in [-0.25, -0.2) is 13.1 Å². The maximum absolute atomic E-state index is 12.1. The molecule has 0 fully saturated rings. The highest BCUT2D eigenvalue weighted by molar-refractivity contribution is 7.89. The zero-order chi connectivity index (χ0) is 20.8. The molecule has 11 heteroatoms. The van der Waals surface area contributed by atoms with Crippen molar-refractivity contribution in [2.24, 2.45) is 0 Å². The number of hydrogen-bond donors (Lipinski definition) is 2. The van der Waals surface area contributed by atoms with Crippen molar-refractivity contribution in [2.45, 2.75) is 17.7 Å². The molecule has 0 aliphatic carbocycles. The number of nitrogens with one attached hydrogen (secondary N) is 2. The Morgan fingerprint density at radius 3 is 2.32 bits per heavy atom. The van der Waals surface area contributed by atoms with E-state index >= 15 is 0 Å². The molecule has 0 aliphatic rings. The van der Waals surface area contributed by atoms with Crippen LogP contribution < -0.4 is 19.5 Å². The lowest BCUT2D eigenvalue weighted by Crippen LogP contribution is -2.28. The fourth-order valence-electron chi connectivity index (χ4n) is 2.16. The Morgan fingerprint density at radius 2 is 1.71 bits per heavy atom. The molecule has 2 N–H and O–H groups in total. The second-order valence-corrected chi connectivity index (χ2v) is 7.18. The summed E-state index contributed by atoms with van der Waals surface area (Å²) in [6.07, 6.45) is -5.03. The summed E-state index contributed by atoms with van der Waals surface area (Å²) < 4.78 is 71.6. The molecular weight excluding hydrogens is 401 g/mol. The van der Waals surface area contributed by atoms with E-state index in [1.54, 1.807) is 24.3 Å². The summed E-state index contributed by atoms with van der Waals surface area (Å²) in [6, 6.07) is 10.4. The van der Waals surface area contributed by atoms with E-state index in [4.69, 9.17) is 4.74 Å². The molecule has 0 radical (unpaired) electrons. The fourth-order valence-corrected chi connectivity index (χ4v) is 3.20. The van der Waals surface area contributed by atoms with E-state index in [0.717, 1.165) is 24.3 Å². The number of amides is 1. The fraction of sp³-hybridized carbons (Fsp3) is 0.235. The summed E-state index contributed by atoms with van der Waals surface area (Å²) >= 11 is 0. The first-order valence-corrected chi connectivity index (χ1v) is 9.37. The molecule has 0 saturated carbocycles. The summed E-state index contributed by atoms with van der Waals surface area (Å²) in [5, 5.41) is 2.59. The topological polar surface area (TPSA) is 93.7 Å². The lowest BCUT2D eigenvalue weighted by molar-refractivity contribution is -0.274. The standard InChI is InChI=1S/C17H17F3N2O5S/c1-26-15-5-3-2-4-14(15)22-16(23)10-11-21-28(24,25)13-8-6-12(7-9-13)27-17(18,19)20/h2-9,21H,10-11H2,1H3,(H,22,23). The van der Waals surface area contributed by atoms with Crippen molar-refractivity contribution in [3.63, 3.8) is 0 Å². The largest absolute Gasteiger partial charge is 0.573 e. The number of hydrogen-bond acceptors (Lipinski definition) is 5. The van der Waals surface area contributed by atoms with Crippen molar-refractivity contribution >= 4 is 21.6 Å². The van der Waals surface area contributed by atoms with Crippen molar-refractivity contribution in [3.05, 3.63) is 48.5 Å². The Hall–Kier alpha value is -2.79. The van der Waals surface area contributed by atoms with E-state index in [9.17, 15) is 26.4 Å². The lowest BCUT2D eigenvalue weighted by atomic mass is 10.3. The van der Waals surface area contributed by atoms with E-state index in [1.807, 2.05) is 0 Å². The molecule has 0 bridgehead atoms. The number of halogens is 3. The van der Waals surface area contributed by atoms with E-state index < -0.39 is 28.0 Å². The van der Waals surface area contributed by atoms with E-state index in [1.165, 1.54) is 7.11 Å². The molecule has 0 atom stereocenters. The monoisotopic (exact) mass is 418 g/mol. The highest BCUT2D eigenvalue weighted by Gasteiger charge is 2.31. The summed E-state index contributed by atoms with van der Waals surface area (Å²) in [7, 11) is -2.55. The van der Waals surface area contributed by atoms with E-state index in [0.29, 0.717) is 11.4 Å². The van der Waals surface area contributed by atoms with Crippen LogP contribution in [-0.4, -0.2) is 34.3 Å². The first-order chi connectivity index (χ1) is 13.1. The zero-order valence-corrected chi connectivity index (χ0v) is 15.4. The predicted molar refractivity (Wildman–Crippen MR) is 94.6 cm³/mol. The van der Waals surface area contributed by atoms with Crippen LogP contribution in [0.4, 0.5) is 18.9 Å². The van der Waals surface area contributed by atoms with Crippen molar-refractivity contribution in [2.75, 3.05) is 19.0 Å². The average Bonchev–Trinajstić information content (AvgIpc) is 2.61. The number of carbonyl (C=O) groups excluding carboxylic acids is 1. The van der Waals surface area contributed by atoms with Crippen LogP contribution in [0.3, 0.4) is 0 Å². The Balaban J connectivity index is 1.90. The minimum absolute atomic E-state index is 0.160. The molecule has 0 heterocycles. The molecule has 0 saturated heterocycles. The van der Waals surface area contributed by atoms with Crippen LogP contribution in [0.15, 0.2) is 53.4 Å². The average molecular weight is 418 g/mol. The van der Waals surface area contributed by atoms with Gasteiger partial charge in [-0.2, -0.15) is 0 Å². The van der Waals surface area contributed by atoms with Crippen molar-refractivity contribution in [1.29, 1.82) is 0 Å². The number of anilines is 1. The molecule has 1 amide bonds. The quantitative estimate of drug-likeness (QED) is 0.688. The third-order valence-electron chi connectivity index (χ3n) is 3.39. The number of alkyl halides is 3. The summed E-state index contributed by atoms with van der Waals surface area (Å²) in [4.78, 5) is 11.7. The molecule has 7 nitrogen and oxygen atoms in total. The van der Waals surface area contributed by atoms with Crippen LogP contribution in [0.2, 0.25) is 0 Å². The third-order valence-corrected chi connectivity index (χ3v) is 4.87. The SMILES string of the molecule is COc1ccccc1NC(=O)CCNS(=O)(=O)c1ccc(OC(F)(F)F)cc1. The summed E-state index contributed by atoms with van der Waals surface area (Å²) in [6.45, 7) is -0.204. The number of para-hydroxylation sites is 2. The van der Waals surface area contributed by atoms with Gasteiger partial charge in [0.2, 0.25) is 15.9 Å².